The van der Waals surface area contributed by atoms with Crippen molar-refractivity contribution in [2.45, 2.75) is 78.1 Å². The van der Waals surface area contributed by atoms with Gasteiger partial charge in [-0.15, -0.1) is 0 Å². The molecule has 5 rings (SSSR count). The van der Waals surface area contributed by atoms with Gasteiger partial charge in [-0.25, -0.2) is 4.98 Å². The minimum atomic E-state index is 0.282. The summed E-state index contributed by atoms with van der Waals surface area (Å²) in [4.78, 5) is 18.5. The molecule has 2 unspecified atom stereocenters. The highest BCUT2D eigenvalue weighted by atomic mass is 35.5. The molecule has 2 aliphatic rings. The van der Waals surface area contributed by atoms with E-state index in [-0.39, 0.29) is 5.78 Å². The second-order valence-corrected chi connectivity index (χ2v) is 12.5. The third-order valence-electron chi connectivity index (χ3n) is 8.83. The number of aryl methyl sites for hydroxylation is 2. The number of methoxy groups -OCH3 is 1. The number of carbonyl (C=O) groups excluding carboxylic acids is 1. The molecule has 220 valence electrons. The molecule has 2 aromatic carbocycles. The highest BCUT2D eigenvalue weighted by Gasteiger charge is 2.23. The normalized spacial score (nSPS) is 19.0. The Labute approximate surface area is 256 Å². The molecular weight excluding hydrogens is 540 g/mol. The molecule has 0 aliphatic heterocycles. The molecule has 0 saturated heterocycles. The fraction of sp³-hybridized carbons (Fsp3) is 0.405. The number of Topliss-reactive ketones (excluding diaryl/α,β-unsaturated/α-hetero) is 1. The van der Waals surface area contributed by atoms with Gasteiger partial charge in [0.1, 0.15) is 17.4 Å². The number of carbonyl (C=O) groups is 1. The summed E-state index contributed by atoms with van der Waals surface area (Å²) >= 11 is 6.29. The Kier molecular flexibility index (Phi) is 10.2. The van der Waals surface area contributed by atoms with Crippen molar-refractivity contribution >= 4 is 17.4 Å². The highest BCUT2D eigenvalue weighted by molar-refractivity contribution is 6.31. The van der Waals surface area contributed by atoms with Crippen LogP contribution in [0.15, 0.2) is 84.3 Å². The second kappa shape index (κ2) is 14.2. The first-order valence-corrected chi connectivity index (χ1v) is 15.8. The third-order valence-corrected chi connectivity index (χ3v) is 9.25. The van der Waals surface area contributed by atoms with Crippen LogP contribution < -0.4 is 0 Å². The summed E-state index contributed by atoms with van der Waals surface area (Å²) in [6.07, 6.45) is 21.0. The number of ether oxygens (including phenoxy) is 1. The monoisotopic (exact) mass is 582 g/mol. The SMILES string of the molecule is COC1=CC(CCC2CCCC(CC(=O)Cc3nc(-c4ccc(Cl)c(C)c4)cn3-c3ccc(C)cc3)CC2)=CCC=C1. The van der Waals surface area contributed by atoms with Crippen molar-refractivity contribution in [1.82, 2.24) is 9.55 Å². The van der Waals surface area contributed by atoms with Crippen LogP contribution in [0.5, 0.6) is 0 Å². The standard InChI is InChI=1S/C37H43ClN2O2/c1-26-11-18-32(19-12-26)40-25-36(31-17-20-35(38)27(2)21-31)39-37(40)24-33(41)22-29-9-6-8-28(13-15-29)14-16-30-7-4-5-10-34(23-30)42-3/h5,7,10-12,17-21,23,25,28-29H,4,6,8-9,13-16,22,24H2,1-3H3. The van der Waals surface area contributed by atoms with E-state index in [9.17, 15) is 4.79 Å². The van der Waals surface area contributed by atoms with E-state index < -0.39 is 0 Å². The average Bonchev–Trinajstić information content (AvgIpc) is 3.12. The molecule has 5 heteroatoms. The van der Waals surface area contributed by atoms with Crippen LogP contribution in [0.3, 0.4) is 0 Å². The number of imidazole rings is 1. The van der Waals surface area contributed by atoms with Crippen molar-refractivity contribution in [2.24, 2.45) is 11.8 Å². The maximum absolute atomic E-state index is 13.5. The molecule has 2 aliphatic carbocycles. The first-order chi connectivity index (χ1) is 20.4. The Morgan fingerprint density at radius 3 is 2.62 bits per heavy atom. The fourth-order valence-corrected chi connectivity index (χ4v) is 6.42. The van der Waals surface area contributed by atoms with Crippen LogP contribution >= 0.6 is 11.6 Å². The van der Waals surface area contributed by atoms with Crippen molar-refractivity contribution in [1.29, 1.82) is 0 Å². The molecule has 3 aromatic rings. The number of nitrogens with zero attached hydrogens (tertiary/aromatic N) is 2. The molecule has 1 heterocycles. The summed E-state index contributed by atoms with van der Waals surface area (Å²) in [6, 6.07) is 14.4. The van der Waals surface area contributed by atoms with Gasteiger partial charge in [-0.3, -0.25) is 4.79 Å². The van der Waals surface area contributed by atoms with Gasteiger partial charge in [-0.1, -0.05) is 73.2 Å². The largest absolute Gasteiger partial charge is 0.497 e. The number of benzene rings is 2. The summed E-state index contributed by atoms with van der Waals surface area (Å²) in [7, 11) is 1.74. The van der Waals surface area contributed by atoms with E-state index in [4.69, 9.17) is 21.3 Å². The van der Waals surface area contributed by atoms with Gasteiger partial charge in [0.15, 0.2) is 0 Å². The molecule has 0 spiro atoms. The Hall–Kier alpha value is -3.37. The summed E-state index contributed by atoms with van der Waals surface area (Å²) in [5.74, 6) is 3.21. The first kappa shape index (κ1) is 30.1. The number of allylic oxidation sites excluding steroid dienone is 5. The average molecular weight is 583 g/mol. The van der Waals surface area contributed by atoms with Gasteiger partial charge < -0.3 is 9.30 Å². The van der Waals surface area contributed by atoms with Crippen LogP contribution in [-0.2, 0) is 16.0 Å². The Morgan fingerprint density at radius 2 is 1.83 bits per heavy atom. The van der Waals surface area contributed by atoms with Crippen molar-refractivity contribution in [3.8, 4) is 16.9 Å². The van der Waals surface area contributed by atoms with Gasteiger partial charge in [-0.05, 0) is 98.9 Å². The van der Waals surface area contributed by atoms with Crippen molar-refractivity contribution < 1.29 is 9.53 Å². The van der Waals surface area contributed by atoms with Crippen LogP contribution in [0.4, 0.5) is 0 Å². The molecule has 1 saturated carbocycles. The van der Waals surface area contributed by atoms with Gasteiger partial charge >= 0.3 is 0 Å². The molecular formula is C37H43ClN2O2. The molecule has 42 heavy (non-hydrogen) atoms. The number of halogens is 1. The molecule has 0 radical (unpaired) electrons. The van der Waals surface area contributed by atoms with E-state index in [0.29, 0.717) is 18.8 Å². The lowest BCUT2D eigenvalue weighted by molar-refractivity contribution is -0.119. The van der Waals surface area contributed by atoms with E-state index in [0.717, 1.165) is 70.7 Å². The minimum Gasteiger partial charge on any atom is -0.497 e. The number of hydrogen-bond acceptors (Lipinski definition) is 3. The van der Waals surface area contributed by atoms with Crippen LogP contribution in [0, 0.1) is 25.7 Å². The number of aromatic nitrogens is 2. The lowest BCUT2D eigenvalue weighted by Crippen LogP contribution is -2.13. The number of rotatable bonds is 10. The summed E-state index contributed by atoms with van der Waals surface area (Å²) < 4.78 is 7.55. The maximum Gasteiger partial charge on any atom is 0.140 e. The predicted octanol–water partition coefficient (Wildman–Crippen LogP) is 9.70. The van der Waals surface area contributed by atoms with Crippen molar-refractivity contribution in [2.75, 3.05) is 7.11 Å². The molecule has 0 bridgehead atoms. The van der Waals surface area contributed by atoms with E-state index in [1.165, 1.54) is 36.8 Å². The molecule has 2 atom stereocenters. The fourth-order valence-electron chi connectivity index (χ4n) is 6.30. The van der Waals surface area contributed by atoms with E-state index in [1.54, 1.807) is 7.11 Å². The molecule has 0 amide bonds. The van der Waals surface area contributed by atoms with E-state index in [1.807, 2.05) is 19.1 Å². The summed E-state index contributed by atoms with van der Waals surface area (Å²) in [6.45, 7) is 4.09. The van der Waals surface area contributed by atoms with Crippen LogP contribution in [0.2, 0.25) is 5.02 Å². The molecule has 1 fully saturated rings. The lowest BCUT2D eigenvalue weighted by Gasteiger charge is -2.16. The maximum atomic E-state index is 13.5. The Morgan fingerprint density at radius 1 is 1.05 bits per heavy atom. The van der Waals surface area contributed by atoms with Crippen molar-refractivity contribution in [3.05, 3.63) is 106 Å². The zero-order chi connectivity index (χ0) is 29.5. The zero-order valence-electron chi connectivity index (χ0n) is 25.2. The first-order valence-electron chi connectivity index (χ1n) is 15.4. The van der Waals surface area contributed by atoms with Crippen LogP contribution in [0.1, 0.15) is 74.7 Å². The smallest absolute Gasteiger partial charge is 0.140 e. The van der Waals surface area contributed by atoms with Gasteiger partial charge in [-0.2, -0.15) is 0 Å². The van der Waals surface area contributed by atoms with Gasteiger partial charge in [0.2, 0.25) is 0 Å². The van der Waals surface area contributed by atoms with Gasteiger partial charge in [0.05, 0.1) is 19.2 Å². The van der Waals surface area contributed by atoms with Crippen LogP contribution in [0.25, 0.3) is 16.9 Å². The zero-order valence-corrected chi connectivity index (χ0v) is 26.0. The predicted molar refractivity (Wildman–Crippen MR) is 173 cm³/mol. The Bertz CT molecular complexity index is 1480. The summed E-state index contributed by atoms with van der Waals surface area (Å²) in [5, 5.41) is 0.744. The third kappa shape index (κ3) is 7.92. The molecule has 0 N–H and O–H groups in total. The lowest BCUT2D eigenvalue weighted by atomic mass is 9.90. The molecule has 4 nitrogen and oxygen atoms in total. The van der Waals surface area contributed by atoms with Gasteiger partial charge in [0.25, 0.3) is 0 Å². The highest BCUT2D eigenvalue weighted by Crippen LogP contribution is 2.34. The quantitative estimate of drug-likeness (QED) is 0.223. The minimum absolute atomic E-state index is 0.282. The van der Waals surface area contributed by atoms with Gasteiger partial charge in [0, 0.05) is 28.9 Å². The van der Waals surface area contributed by atoms with E-state index >= 15 is 0 Å². The van der Waals surface area contributed by atoms with Crippen LogP contribution in [-0.4, -0.2) is 22.4 Å². The Balaban J connectivity index is 1.22. The number of ketones is 1. The second-order valence-electron chi connectivity index (χ2n) is 12.1. The van der Waals surface area contributed by atoms with Crippen molar-refractivity contribution in [3.63, 3.8) is 0 Å². The number of hydrogen-bond donors (Lipinski definition) is 0. The topological polar surface area (TPSA) is 44.1 Å². The van der Waals surface area contributed by atoms with E-state index in [2.05, 4.69) is 72.3 Å². The molecule has 1 aromatic heterocycles. The summed E-state index contributed by atoms with van der Waals surface area (Å²) in [5.41, 5.74) is 6.50.